The minimum Gasteiger partial charge on any atom is -0.275 e. The molecule has 1 aliphatic rings. The second-order valence-electron chi connectivity index (χ2n) is 5.60. The van der Waals surface area contributed by atoms with E-state index in [1.165, 1.54) is 6.21 Å². The fourth-order valence-corrected chi connectivity index (χ4v) is 3.05. The van der Waals surface area contributed by atoms with Gasteiger partial charge in [-0.1, -0.05) is 29.3 Å². The number of imide groups is 1. The number of halogens is 2. The zero-order valence-electron chi connectivity index (χ0n) is 13.6. The average molecular weight is 380 g/mol. The summed E-state index contributed by atoms with van der Waals surface area (Å²) >= 11 is 12.4. The number of carbonyl (C=O) groups is 2. The summed E-state index contributed by atoms with van der Waals surface area (Å²) < 4.78 is 1.78. The van der Waals surface area contributed by atoms with E-state index in [1.54, 1.807) is 22.9 Å². The normalized spacial score (nSPS) is 14.6. The lowest BCUT2D eigenvalue weighted by molar-refractivity contribution is -0.118. The number of nitrogens with one attached hydrogen (secondary N) is 1. The van der Waals surface area contributed by atoms with Crippen LogP contribution in [0.15, 0.2) is 23.3 Å². The van der Waals surface area contributed by atoms with E-state index in [0.717, 1.165) is 27.5 Å². The van der Waals surface area contributed by atoms with Gasteiger partial charge in [-0.3, -0.25) is 14.8 Å². The Morgan fingerprint density at radius 3 is 2.56 bits per heavy atom. The molecule has 9 heteroatoms. The molecule has 7 nitrogen and oxygen atoms in total. The summed E-state index contributed by atoms with van der Waals surface area (Å²) in [6.45, 7) is 4.06. The van der Waals surface area contributed by atoms with Crippen molar-refractivity contribution in [2.45, 2.75) is 20.4 Å². The van der Waals surface area contributed by atoms with E-state index in [4.69, 9.17) is 23.2 Å². The van der Waals surface area contributed by atoms with Gasteiger partial charge in [0.25, 0.3) is 0 Å². The largest absolute Gasteiger partial charge is 0.344 e. The fraction of sp³-hybridized carbons (Fsp3) is 0.250. The number of benzene rings is 1. The van der Waals surface area contributed by atoms with Crippen LogP contribution in [0.1, 0.15) is 22.5 Å². The number of aromatic nitrogens is 2. The predicted molar refractivity (Wildman–Crippen MR) is 95.1 cm³/mol. The van der Waals surface area contributed by atoms with E-state index < -0.39 is 6.03 Å². The maximum atomic E-state index is 11.5. The Balaban J connectivity index is 1.86. The molecule has 2 aromatic rings. The van der Waals surface area contributed by atoms with Gasteiger partial charge < -0.3 is 0 Å². The number of urea groups is 1. The summed E-state index contributed by atoms with van der Waals surface area (Å²) in [5.74, 6) is -0.375. The summed E-state index contributed by atoms with van der Waals surface area (Å²) in [5.41, 5.74) is 3.15. The van der Waals surface area contributed by atoms with Gasteiger partial charge in [-0.25, -0.2) is 9.80 Å². The first-order valence-corrected chi connectivity index (χ1v) is 8.24. The van der Waals surface area contributed by atoms with Crippen molar-refractivity contribution in [2.75, 3.05) is 6.54 Å². The highest BCUT2D eigenvalue weighted by molar-refractivity contribution is 6.35. The third kappa shape index (κ3) is 3.52. The Kier molecular flexibility index (Phi) is 4.78. The average Bonchev–Trinajstić information content (AvgIpc) is 3.00. The molecule has 25 heavy (non-hydrogen) atoms. The van der Waals surface area contributed by atoms with Crippen LogP contribution in [0.4, 0.5) is 4.79 Å². The van der Waals surface area contributed by atoms with E-state index in [0.29, 0.717) is 16.6 Å². The first-order valence-electron chi connectivity index (χ1n) is 7.49. The van der Waals surface area contributed by atoms with Crippen LogP contribution in [0.2, 0.25) is 10.0 Å². The lowest BCUT2D eigenvalue weighted by atomic mass is 10.2. The molecule has 2 heterocycles. The van der Waals surface area contributed by atoms with Gasteiger partial charge >= 0.3 is 6.03 Å². The molecule has 0 atom stereocenters. The number of hydrazone groups is 1. The summed E-state index contributed by atoms with van der Waals surface area (Å²) in [7, 11) is 0. The number of hydrogen-bond donors (Lipinski definition) is 1. The second-order valence-corrected chi connectivity index (χ2v) is 6.41. The zero-order valence-corrected chi connectivity index (χ0v) is 15.1. The first-order chi connectivity index (χ1) is 11.9. The van der Waals surface area contributed by atoms with Crippen LogP contribution < -0.4 is 5.32 Å². The van der Waals surface area contributed by atoms with Crippen LogP contribution in [-0.2, 0) is 11.3 Å². The summed E-state index contributed by atoms with van der Waals surface area (Å²) in [6, 6.07) is 4.81. The Morgan fingerprint density at radius 2 is 1.96 bits per heavy atom. The van der Waals surface area contributed by atoms with Crippen LogP contribution in [0.25, 0.3) is 0 Å². The van der Waals surface area contributed by atoms with Crippen LogP contribution in [0, 0.1) is 13.8 Å². The molecule has 0 aliphatic carbocycles. The minimum absolute atomic E-state index is 0.0865. The van der Waals surface area contributed by atoms with Gasteiger partial charge in [0, 0.05) is 26.9 Å². The van der Waals surface area contributed by atoms with Gasteiger partial charge in [0.1, 0.15) is 6.54 Å². The number of carbonyl (C=O) groups excluding carboxylic acids is 2. The lowest BCUT2D eigenvalue weighted by Gasteiger charge is -2.09. The van der Waals surface area contributed by atoms with E-state index in [1.807, 2.05) is 13.8 Å². The van der Waals surface area contributed by atoms with E-state index in [2.05, 4.69) is 15.5 Å². The van der Waals surface area contributed by atoms with Crippen LogP contribution in [0.5, 0.6) is 0 Å². The Morgan fingerprint density at radius 1 is 1.28 bits per heavy atom. The molecule has 1 aromatic heterocycles. The molecule has 0 spiro atoms. The number of nitrogens with zero attached hydrogens (tertiary/aromatic N) is 4. The van der Waals surface area contributed by atoms with Gasteiger partial charge in [0.15, 0.2) is 0 Å². The van der Waals surface area contributed by atoms with Crippen molar-refractivity contribution in [1.82, 2.24) is 20.1 Å². The van der Waals surface area contributed by atoms with Gasteiger partial charge in [-0.05, 0) is 26.0 Å². The van der Waals surface area contributed by atoms with Crippen LogP contribution in [0.3, 0.4) is 0 Å². The third-order valence-corrected chi connectivity index (χ3v) is 4.62. The number of amides is 3. The van der Waals surface area contributed by atoms with Crippen molar-refractivity contribution in [1.29, 1.82) is 0 Å². The number of hydrogen-bond acceptors (Lipinski definition) is 4. The maximum absolute atomic E-state index is 11.5. The Bertz CT molecular complexity index is 871. The molecule has 1 aliphatic heterocycles. The van der Waals surface area contributed by atoms with Crippen molar-refractivity contribution in [2.24, 2.45) is 5.10 Å². The quantitative estimate of drug-likeness (QED) is 0.654. The summed E-state index contributed by atoms with van der Waals surface area (Å²) in [5, 5.41) is 12.9. The Hall–Kier alpha value is -2.38. The number of aryl methyl sites for hydroxylation is 1. The Labute approximate surface area is 154 Å². The molecular weight excluding hydrogens is 365 g/mol. The lowest BCUT2D eigenvalue weighted by Crippen LogP contribution is -2.24. The van der Waals surface area contributed by atoms with E-state index >= 15 is 0 Å². The van der Waals surface area contributed by atoms with Crippen molar-refractivity contribution in [3.05, 3.63) is 50.8 Å². The zero-order chi connectivity index (χ0) is 18.1. The van der Waals surface area contributed by atoms with Crippen LogP contribution in [-0.4, -0.2) is 39.5 Å². The standard InChI is InChI=1S/C16H15Cl2N5O2/c1-9-11(6-19-23-8-15(24)20-16(23)25)10(2)22(21-9)7-12-13(17)4-3-5-14(12)18/h3-6H,7-8H2,1-2H3,(H,20,24,25). The van der Waals surface area contributed by atoms with Crippen molar-refractivity contribution < 1.29 is 9.59 Å². The minimum atomic E-state index is -0.535. The molecule has 0 radical (unpaired) electrons. The van der Waals surface area contributed by atoms with Crippen molar-refractivity contribution >= 4 is 41.4 Å². The SMILES string of the molecule is Cc1nn(Cc2c(Cl)cccc2Cl)c(C)c1C=NN1CC(=O)NC1=O. The highest BCUT2D eigenvalue weighted by atomic mass is 35.5. The van der Waals surface area contributed by atoms with Gasteiger partial charge in [-0.15, -0.1) is 0 Å². The van der Waals surface area contributed by atoms with Gasteiger partial charge in [0.05, 0.1) is 18.5 Å². The highest BCUT2D eigenvalue weighted by Crippen LogP contribution is 2.26. The van der Waals surface area contributed by atoms with E-state index in [-0.39, 0.29) is 12.5 Å². The summed E-state index contributed by atoms with van der Waals surface area (Å²) in [6.07, 6.45) is 1.53. The molecule has 3 amide bonds. The molecule has 0 bridgehead atoms. The maximum Gasteiger partial charge on any atom is 0.344 e. The van der Waals surface area contributed by atoms with Crippen molar-refractivity contribution in [3.63, 3.8) is 0 Å². The van der Waals surface area contributed by atoms with Crippen LogP contribution >= 0.6 is 23.2 Å². The monoisotopic (exact) mass is 379 g/mol. The summed E-state index contributed by atoms with van der Waals surface area (Å²) in [4.78, 5) is 22.7. The van der Waals surface area contributed by atoms with Crippen molar-refractivity contribution in [3.8, 4) is 0 Å². The molecule has 0 saturated carbocycles. The molecule has 3 rings (SSSR count). The van der Waals surface area contributed by atoms with Gasteiger partial charge in [-0.2, -0.15) is 10.2 Å². The molecule has 1 aromatic carbocycles. The first kappa shape index (κ1) is 17.4. The molecule has 0 unspecified atom stereocenters. The molecule has 1 fully saturated rings. The third-order valence-electron chi connectivity index (χ3n) is 3.91. The molecule has 1 saturated heterocycles. The predicted octanol–water partition coefficient (Wildman–Crippen LogP) is 2.74. The molecule has 130 valence electrons. The molecule has 1 N–H and O–H groups in total. The fourth-order valence-electron chi connectivity index (χ4n) is 2.54. The topological polar surface area (TPSA) is 79.6 Å². The highest BCUT2D eigenvalue weighted by Gasteiger charge is 2.26. The van der Waals surface area contributed by atoms with Gasteiger partial charge in [0.2, 0.25) is 5.91 Å². The smallest absolute Gasteiger partial charge is 0.275 e. The number of rotatable bonds is 4. The molecular formula is C16H15Cl2N5O2. The second kappa shape index (κ2) is 6.85. The van der Waals surface area contributed by atoms with E-state index in [9.17, 15) is 9.59 Å².